The maximum absolute atomic E-state index is 11.9. The van der Waals surface area contributed by atoms with Crippen molar-refractivity contribution in [3.8, 4) is 0 Å². The zero-order valence-corrected chi connectivity index (χ0v) is 9.94. The largest absolute Gasteiger partial charge is 0.323 e. The summed E-state index contributed by atoms with van der Waals surface area (Å²) < 4.78 is 0. The Morgan fingerprint density at radius 3 is 2.35 bits per heavy atom. The molecule has 3 unspecified atom stereocenters. The molecule has 0 saturated carbocycles. The van der Waals surface area contributed by atoms with Crippen molar-refractivity contribution in [3.05, 3.63) is 35.4 Å². The average molecular weight is 232 g/mol. The van der Waals surface area contributed by atoms with Crippen LogP contribution in [-0.4, -0.2) is 11.6 Å². The lowest BCUT2D eigenvalue weighted by Crippen LogP contribution is -2.51. The Hall–Kier alpha value is -1.52. The summed E-state index contributed by atoms with van der Waals surface area (Å²) in [7, 11) is 0. The van der Waals surface area contributed by atoms with Gasteiger partial charge < -0.3 is 11.5 Å². The lowest BCUT2D eigenvalue weighted by molar-refractivity contribution is -0.132. The Balaban J connectivity index is 2.70. The predicted octanol–water partition coefficient (Wildman–Crippen LogP) is 0.648. The molecule has 1 aliphatic carbocycles. The fourth-order valence-electron chi connectivity index (χ4n) is 2.78. The van der Waals surface area contributed by atoms with Crippen LogP contribution in [0, 0.1) is 5.92 Å². The number of benzene rings is 1. The number of fused-ring (bicyclic) bond motifs is 1. The fourth-order valence-corrected chi connectivity index (χ4v) is 2.78. The maximum atomic E-state index is 11.9. The van der Waals surface area contributed by atoms with E-state index in [2.05, 4.69) is 0 Å². The number of hydrogen-bond donors (Lipinski definition) is 2. The maximum Gasteiger partial charge on any atom is 0.154 e. The molecule has 0 heterocycles. The minimum atomic E-state index is -1.28. The van der Waals surface area contributed by atoms with E-state index < -0.39 is 17.5 Å². The van der Waals surface area contributed by atoms with Crippen molar-refractivity contribution >= 4 is 11.6 Å². The molecule has 0 amide bonds. The second-order valence-corrected chi connectivity index (χ2v) is 4.63. The van der Waals surface area contributed by atoms with Crippen LogP contribution in [0.25, 0.3) is 0 Å². The van der Waals surface area contributed by atoms with Gasteiger partial charge in [-0.25, -0.2) is 0 Å². The van der Waals surface area contributed by atoms with Crippen molar-refractivity contribution in [2.45, 2.75) is 25.4 Å². The molecule has 4 N–H and O–H groups in total. The number of hydrogen-bond acceptors (Lipinski definition) is 4. The normalized spacial score (nSPS) is 31.1. The number of ketones is 2. The van der Waals surface area contributed by atoms with E-state index in [4.69, 9.17) is 11.5 Å². The number of carbonyl (C=O) groups is 2. The highest BCUT2D eigenvalue weighted by Crippen LogP contribution is 2.46. The van der Waals surface area contributed by atoms with Crippen LogP contribution < -0.4 is 11.5 Å². The van der Waals surface area contributed by atoms with Crippen LogP contribution in [0.3, 0.4) is 0 Å². The molecule has 1 aromatic rings. The van der Waals surface area contributed by atoms with Gasteiger partial charge in [0.25, 0.3) is 0 Å². The van der Waals surface area contributed by atoms with E-state index in [0.717, 1.165) is 5.56 Å². The highest BCUT2D eigenvalue weighted by Gasteiger charge is 2.53. The summed E-state index contributed by atoms with van der Waals surface area (Å²) in [6.45, 7) is 2.84. The van der Waals surface area contributed by atoms with Crippen LogP contribution in [0.2, 0.25) is 0 Å². The SMILES string of the molecule is CC(=O)C1C(N)c2ccccc2C1(N)C(C)=O. The van der Waals surface area contributed by atoms with E-state index in [9.17, 15) is 9.59 Å². The highest BCUT2D eigenvalue weighted by atomic mass is 16.1. The van der Waals surface area contributed by atoms with E-state index in [1.165, 1.54) is 13.8 Å². The topological polar surface area (TPSA) is 86.2 Å². The van der Waals surface area contributed by atoms with Gasteiger partial charge in [0.1, 0.15) is 11.3 Å². The Labute approximate surface area is 100.0 Å². The number of nitrogens with two attached hydrogens (primary N) is 2. The van der Waals surface area contributed by atoms with E-state index in [1.807, 2.05) is 12.1 Å². The van der Waals surface area contributed by atoms with Crippen molar-refractivity contribution in [2.75, 3.05) is 0 Å². The summed E-state index contributed by atoms with van der Waals surface area (Å²) in [6.07, 6.45) is 0. The molecular weight excluding hydrogens is 216 g/mol. The van der Waals surface area contributed by atoms with E-state index in [1.54, 1.807) is 12.1 Å². The quantitative estimate of drug-likeness (QED) is 0.783. The molecule has 0 bridgehead atoms. The van der Waals surface area contributed by atoms with Crippen molar-refractivity contribution < 1.29 is 9.59 Å². The summed E-state index contributed by atoms with van der Waals surface area (Å²) in [6, 6.07) is 6.74. The van der Waals surface area contributed by atoms with Gasteiger partial charge >= 0.3 is 0 Å². The first-order valence-corrected chi connectivity index (χ1v) is 5.56. The number of carbonyl (C=O) groups excluding carboxylic acids is 2. The molecule has 1 aromatic carbocycles. The monoisotopic (exact) mass is 232 g/mol. The first kappa shape index (κ1) is 12.0. The lowest BCUT2D eigenvalue weighted by Gasteiger charge is -2.29. The summed E-state index contributed by atoms with van der Waals surface area (Å²) >= 11 is 0. The lowest BCUT2D eigenvalue weighted by atomic mass is 9.78. The first-order valence-electron chi connectivity index (χ1n) is 5.56. The van der Waals surface area contributed by atoms with Crippen molar-refractivity contribution in [3.63, 3.8) is 0 Å². The molecule has 0 radical (unpaired) electrons. The van der Waals surface area contributed by atoms with Crippen molar-refractivity contribution in [1.82, 2.24) is 0 Å². The Morgan fingerprint density at radius 1 is 1.24 bits per heavy atom. The van der Waals surface area contributed by atoms with Gasteiger partial charge in [0.2, 0.25) is 0 Å². The molecule has 2 rings (SSSR count). The minimum Gasteiger partial charge on any atom is -0.323 e. The summed E-state index contributed by atoms with van der Waals surface area (Å²) in [4.78, 5) is 23.6. The molecule has 3 atom stereocenters. The molecule has 90 valence electrons. The van der Waals surface area contributed by atoms with E-state index in [-0.39, 0.29) is 11.6 Å². The molecular formula is C13H16N2O2. The van der Waals surface area contributed by atoms with E-state index >= 15 is 0 Å². The number of Topliss-reactive ketones (excluding diaryl/α,β-unsaturated/α-hetero) is 2. The predicted molar refractivity (Wildman–Crippen MR) is 64.1 cm³/mol. The smallest absolute Gasteiger partial charge is 0.154 e. The second-order valence-electron chi connectivity index (χ2n) is 4.63. The van der Waals surface area contributed by atoms with Crippen LogP contribution in [0.1, 0.15) is 31.0 Å². The number of rotatable bonds is 2. The highest BCUT2D eigenvalue weighted by molar-refractivity contribution is 5.97. The van der Waals surface area contributed by atoms with Crippen LogP contribution in [0.5, 0.6) is 0 Å². The molecule has 0 aromatic heterocycles. The first-order chi connectivity index (χ1) is 7.90. The van der Waals surface area contributed by atoms with Crippen molar-refractivity contribution in [1.29, 1.82) is 0 Å². The van der Waals surface area contributed by atoms with Gasteiger partial charge in [-0.05, 0) is 25.0 Å². The molecule has 4 nitrogen and oxygen atoms in total. The molecule has 0 fully saturated rings. The summed E-state index contributed by atoms with van der Waals surface area (Å²) in [5.74, 6) is -1.04. The zero-order chi connectivity index (χ0) is 12.8. The van der Waals surface area contributed by atoms with Gasteiger partial charge in [-0.1, -0.05) is 24.3 Å². The molecule has 17 heavy (non-hydrogen) atoms. The summed E-state index contributed by atoms with van der Waals surface area (Å²) in [5.41, 5.74) is 12.5. The summed E-state index contributed by atoms with van der Waals surface area (Å²) in [5, 5.41) is 0. The minimum absolute atomic E-state index is 0.147. The third-order valence-corrected chi connectivity index (χ3v) is 3.64. The van der Waals surface area contributed by atoms with Gasteiger partial charge in [0.05, 0.1) is 5.92 Å². The van der Waals surface area contributed by atoms with Crippen LogP contribution in [0.15, 0.2) is 24.3 Å². The second kappa shape index (κ2) is 3.75. The zero-order valence-electron chi connectivity index (χ0n) is 9.94. The average Bonchev–Trinajstić information content (AvgIpc) is 2.50. The van der Waals surface area contributed by atoms with Crippen LogP contribution in [-0.2, 0) is 15.1 Å². The third kappa shape index (κ3) is 1.45. The van der Waals surface area contributed by atoms with Gasteiger partial charge in [-0.15, -0.1) is 0 Å². The van der Waals surface area contributed by atoms with Gasteiger partial charge in [0, 0.05) is 6.04 Å². The molecule has 0 spiro atoms. The van der Waals surface area contributed by atoms with Gasteiger partial charge in [-0.3, -0.25) is 9.59 Å². The fraction of sp³-hybridized carbons (Fsp3) is 0.385. The van der Waals surface area contributed by atoms with Gasteiger partial charge in [-0.2, -0.15) is 0 Å². The molecule has 0 saturated heterocycles. The Kier molecular flexibility index (Phi) is 2.64. The van der Waals surface area contributed by atoms with E-state index in [0.29, 0.717) is 5.56 Å². The third-order valence-electron chi connectivity index (χ3n) is 3.64. The standard InChI is InChI=1S/C13H16N2O2/c1-7(16)11-12(14)9-5-3-4-6-10(9)13(11,15)8(2)17/h3-6,11-12H,14-15H2,1-2H3. The van der Waals surface area contributed by atoms with Crippen LogP contribution in [0.4, 0.5) is 0 Å². The molecule has 0 aliphatic heterocycles. The van der Waals surface area contributed by atoms with Gasteiger partial charge in [0.15, 0.2) is 5.78 Å². The Bertz CT molecular complexity index is 498. The Morgan fingerprint density at radius 2 is 1.82 bits per heavy atom. The van der Waals surface area contributed by atoms with Crippen molar-refractivity contribution in [2.24, 2.45) is 17.4 Å². The van der Waals surface area contributed by atoms with Crippen LogP contribution >= 0.6 is 0 Å². The molecule has 4 heteroatoms. The molecule has 1 aliphatic rings.